The van der Waals surface area contributed by atoms with Crippen LogP contribution in [0.3, 0.4) is 0 Å². The van der Waals surface area contributed by atoms with Crippen molar-refractivity contribution < 1.29 is 14.3 Å². The first kappa shape index (κ1) is 18.7. The van der Waals surface area contributed by atoms with Gasteiger partial charge in [-0.1, -0.05) is 19.3 Å². The van der Waals surface area contributed by atoms with Gasteiger partial charge in [0.15, 0.2) is 0 Å². The van der Waals surface area contributed by atoms with Gasteiger partial charge in [-0.25, -0.2) is 0 Å². The van der Waals surface area contributed by atoms with Gasteiger partial charge < -0.3 is 15.4 Å². The zero-order chi connectivity index (χ0) is 18.4. The first-order valence-corrected chi connectivity index (χ1v) is 10.0. The first-order valence-electron chi connectivity index (χ1n) is 10.0. The molecule has 2 saturated carbocycles. The number of benzene rings is 1. The summed E-state index contributed by atoms with van der Waals surface area (Å²) in [5, 5.41) is 5.92. The maximum absolute atomic E-state index is 12.8. The van der Waals surface area contributed by atoms with Crippen molar-refractivity contribution in [1.29, 1.82) is 0 Å². The number of hydrogen-bond donors (Lipinski definition) is 2. The van der Waals surface area contributed by atoms with Gasteiger partial charge in [-0.3, -0.25) is 9.59 Å². The van der Waals surface area contributed by atoms with E-state index in [1.165, 1.54) is 12.8 Å². The summed E-state index contributed by atoms with van der Waals surface area (Å²) in [6.45, 7) is 2.48. The van der Waals surface area contributed by atoms with E-state index in [-0.39, 0.29) is 11.8 Å². The monoisotopic (exact) mass is 358 g/mol. The third kappa shape index (κ3) is 4.37. The normalized spacial score (nSPS) is 19.7. The quantitative estimate of drug-likeness (QED) is 0.817. The third-order valence-corrected chi connectivity index (χ3v) is 5.55. The van der Waals surface area contributed by atoms with Gasteiger partial charge in [0.25, 0.3) is 5.91 Å². The molecule has 0 aromatic heterocycles. The Bertz CT molecular complexity index is 615. The van der Waals surface area contributed by atoms with Crippen LogP contribution in [0.5, 0.6) is 5.75 Å². The van der Waals surface area contributed by atoms with Crippen LogP contribution in [-0.4, -0.2) is 30.0 Å². The van der Waals surface area contributed by atoms with Crippen LogP contribution in [0.2, 0.25) is 0 Å². The second-order valence-electron chi connectivity index (χ2n) is 7.51. The lowest BCUT2D eigenvalue weighted by atomic mass is 9.80. The number of likely N-dealkylation sites (N-methyl/N-ethyl adjacent to an activating group) is 1. The minimum Gasteiger partial charge on any atom is -0.490 e. The second-order valence-corrected chi connectivity index (χ2v) is 7.51. The number of hydrogen-bond acceptors (Lipinski definition) is 3. The molecule has 5 heteroatoms. The molecule has 0 unspecified atom stereocenters. The van der Waals surface area contributed by atoms with E-state index in [0.717, 1.165) is 37.9 Å². The molecule has 0 radical (unpaired) electrons. The topological polar surface area (TPSA) is 67.4 Å². The fourth-order valence-corrected chi connectivity index (χ4v) is 4.07. The minimum atomic E-state index is -0.773. The maximum Gasteiger partial charge on any atom is 0.252 e. The Balaban J connectivity index is 1.65. The number of amides is 2. The first-order chi connectivity index (χ1) is 12.6. The van der Waals surface area contributed by atoms with Crippen molar-refractivity contribution in [3.63, 3.8) is 0 Å². The number of nitrogens with one attached hydrogen (secondary N) is 2. The molecule has 0 atom stereocenters. The van der Waals surface area contributed by atoms with Crippen molar-refractivity contribution in [2.45, 2.75) is 76.4 Å². The van der Waals surface area contributed by atoms with Crippen LogP contribution < -0.4 is 15.4 Å². The van der Waals surface area contributed by atoms with Crippen molar-refractivity contribution >= 4 is 11.8 Å². The Morgan fingerprint density at radius 3 is 2.31 bits per heavy atom. The average molecular weight is 358 g/mol. The van der Waals surface area contributed by atoms with Crippen LogP contribution in [0.25, 0.3) is 0 Å². The number of rotatable bonds is 6. The van der Waals surface area contributed by atoms with Gasteiger partial charge in [-0.2, -0.15) is 0 Å². The molecule has 0 saturated heterocycles. The van der Waals surface area contributed by atoms with E-state index >= 15 is 0 Å². The molecule has 142 valence electrons. The average Bonchev–Trinajstić information content (AvgIpc) is 3.16. The molecule has 2 aliphatic rings. The molecule has 0 aliphatic heterocycles. The molecule has 2 aliphatic carbocycles. The van der Waals surface area contributed by atoms with Gasteiger partial charge in [-0.05, 0) is 69.7 Å². The van der Waals surface area contributed by atoms with E-state index < -0.39 is 5.54 Å². The SMILES string of the molecule is CCNC(=O)C1(NC(=O)c2ccc(OC3CCCC3)cc2)CCCCC1. The highest BCUT2D eigenvalue weighted by atomic mass is 16.5. The molecule has 0 spiro atoms. The Labute approximate surface area is 155 Å². The lowest BCUT2D eigenvalue weighted by molar-refractivity contribution is -0.128. The van der Waals surface area contributed by atoms with Crippen LogP contribution >= 0.6 is 0 Å². The summed E-state index contributed by atoms with van der Waals surface area (Å²) in [5.41, 5.74) is -0.206. The molecule has 3 rings (SSSR count). The predicted molar refractivity (Wildman–Crippen MR) is 101 cm³/mol. The van der Waals surface area contributed by atoms with E-state index in [1.807, 2.05) is 19.1 Å². The van der Waals surface area contributed by atoms with Crippen LogP contribution in [0.1, 0.15) is 75.1 Å². The van der Waals surface area contributed by atoms with Crippen molar-refractivity contribution in [3.05, 3.63) is 29.8 Å². The van der Waals surface area contributed by atoms with Gasteiger partial charge in [0, 0.05) is 12.1 Å². The fourth-order valence-electron chi connectivity index (χ4n) is 4.07. The van der Waals surface area contributed by atoms with Crippen LogP contribution in [0.4, 0.5) is 0 Å². The lowest BCUT2D eigenvalue weighted by Crippen LogP contribution is -2.59. The van der Waals surface area contributed by atoms with Crippen LogP contribution in [-0.2, 0) is 4.79 Å². The van der Waals surface area contributed by atoms with Gasteiger partial charge in [0.2, 0.25) is 5.91 Å². The highest BCUT2D eigenvalue weighted by Gasteiger charge is 2.40. The summed E-state index contributed by atoms with van der Waals surface area (Å²) in [5.74, 6) is 0.560. The van der Waals surface area contributed by atoms with Crippen molar-refractivity contribution in [3.8, 4) is 5.75 Å². The van der Waals surface area contributed by atoms with Crippen LogP contribution in [0.15, 0.2) is 24.3 Å². The summed E-state index contributed by atoms with van der Waals surface area (Å²) in [7, 11) is 0. The van der Waals surface area contributed by atoms with Gasteiger partial charge in [-0.15, -0.1) is 0 Å². The third-order valence-electron chi connectivity index (χ3n) is 5.55. The van der Waals surface area contributed by atoms with Crippen molar-refractivity contribution in [2.24, 2.45) is 0 Å². The smallest absolute Gasteiger partial charge is 0.252 e. The van der Waals surface area contributed by atoms with Crippen LogP contribution in [0, 0.1) is 0 Å². The molecule has 2 amide bonds. The Morgan fingerprint density at radius 2 is 1.69 bits per heavy atom. The van der Waals surface area contributed by atoms with E-state index in [1.54, 1.807) is 12.1 Å². The highest BCUT2D eigenvalue weighted by Crippen LogP contribution is 2.29. The summed E-state index contributed by atoms with van der Waals surface area (Å²) in [6.07, 6.45) is 9.43. The molecule has 1 aromatic rings. The molecule has 5 nitrogen and oxygen atoms in total. The molecule has 2 N–H and O–H groups in total. The second kappa shape index (κ2) is 8.56. The summed E-state index contributed by atoms with van der Waals surface area (Å²) in [6, 6.07) is 7.28. The lowest BCUT2D eigenvalue weighted by Gasteiger charge is -2.36. The van der Waals surface area contributed by atoms with Gasteiger partial charge in [0.1, 0.15) is 11.3 Å². The molecule has 0 bridgehead atoms. The molecule has 2 fully saturated rings. The van der Waals surface area contributed by atoms with E-state index in [4.69, 9.17) is 4.74 Å². The Morgan fingerprint density at radius 1 is 1.04 bits per heavy atom. The fraction of sp³-hybridized carbons (Fsp3) is 0.619. The highest BCUT2D eigenvalue weighted by molar-refractivity contribution is 5.99. The van der Waals surface area contributed by atoms with Crippen molar-refractivity contribution in [2.75, 3.05) is 6.54 Å². The molecule has 0 heterocycles. The minimum absolute atomic E-state index is 0.0609. The summed E-state index contributed by atoms with van der Waals surface area (Å²) >= 11 is 0. The zero-order valence-corrected chi connectivity index (χ0v) is 15.7. The molecular formula is C21H30N2O3. The molecular weight excluding hydrogens is 328 g/mol. The standard InChI is InChI=1S/C21H30N2O3/c1-2-22-20(25)21(14-6-3-7-15-21)23-19(24)16-10-12-18(13-11-16)26-17-8-4-5-9-17/h10-13,17H,2-9,14-15H2,1H3,(H,22,25)(H,23,24). The summed E-state index contributed by atoms with van der Waals surface area (Å²) in [4.78, 5) is 25.3. The Kier molecular flexibility index (Phi) is 6.17. The van der Waals surface area contributed by atoms with E-state index in [0.29, 0.717) is 31.1 Å². The molecule has 26 heavy (non-hydrogen) atoms. The predicted octanol–water partition coefficient (Wildman–Crippen LogP) is 3.58. The number of carbonyl (C=O) groups is 2. The maximum atomic E-state index is 12.8. The zero-order valence-electron chi connectivity index (χ0n) is 15.7. The Hall–Kier alpha value is -2.04. The van der Waals surface area contributed by atoms with Crippen molar-refractivity contribution in [1.82, 2.24) is 10.6 Å². The summed E-state index contributed by atoms with van der Waals surface area (Å²) < 4.78 is 5.95. The van der Waals surface area contributed by atoms with Gasteiger partial charge in [0.05, 0.1) is 6.10 Å². The van der Waals surface area contributed by atoms with Gasteiger partial charge >= 0.3 is 0 Å². The molecule has 1 aromatic carbocycles. The van der Waals surface area contributed by atoms with E-state index in [9.17, 15) is 9.59 Å². The van der Waals surface area contributed by atoms with E-state index in [2.05, 4.69) is 10.6 Å². The number of carbonyl (C=O) groups excluding carboxylic acids is 2. The number of ether oxygens (including phenoxy) is 1. The largest absolute Gasteiger partial charge is 0.490 e.